The van der Waals surface area contributed by atoms with Crippen LogP contribution < -0.4 is 0 Å². The minimum absolute atomic E-state index is 0.0660. The average molecular weight is 221 g/mol. The quantitative estimate of drug-likeness (QED) is 0.628. The third kappa shape index (κ3) is 2.10. The molecule has 0 spiro atoms. The highest BCUT2D eigenvalue weighted by molar-refractivity contribution is 7.89. The van der Waals surface area contributed by atoms with Crippen LogP contribution >= 0.6 is 0 Å². The molecule has 0 bridgehead atoms. The van der Waals surface area contributed by atoms with Crippen LogP contribution in [0.25, 0.3) is 0 Å². The minimum atomic E-state index is -5.32. The van der Waals surface area contributed by atoms with E-state index in [1.807, 2.05) is 0 Å². The van der Waals surface area contributed by atoms with Gasteiger partial charge < -0.3 is 9.47 Å². The summed E-state index contributed by atoms with van der Waals surface area (Å²) in [5.74, 6) is 0. The summed E-state index contributed by atoms with van der Waals surface area (Å²) in [6.45, 7) is -1.48. The first-order valence-corrected chi connectivity index (χ1v) is 4.51. The number of rotatable bonds is 1. The molecule has 1 fully saturated rings. The highest BCUT2D eigenvalue weighted by Gasteiger charge is 2.50. The molecule has 0 aromatic rings. The van der Waals surface area contributed by atoms with Crippen LogP contribution in [0.5, 0.6) is 0 Å². The Balaban J connectivity index is 2.80. The van der Waals surface area contributed by atoms with Crippen LogP contribution in [0.3, 0.4) is 0 Å². The van der Waals surface area contributed by atoms with Crippen LogP contribution in [-0.4, -0.2) is 38.5 Å². The van der Waals surface area contributed by atoms with E-state index in [0.717, 1.165) is 0 Å². The second-order valence-corrected chi connectivity index (χ2v) is 4.12. The van der Waals surface area contributed by atoms with Crippen molar-refractivity contribution in [3.05, 3.63) is 0 Å². The molecule has 0 radical (unpaired) electrons. The van der Waals surface area contributed by atoms with Gasteiger partial charge >= 0.3 is 15.5 Å². The van der Waals surface area contributed by atoms with Gasteiger partial charge in [-0.2, -0.15) is 13.2 Å². The lowest BCUT2D eigenvalue weighted by Gasteiger charge is -2.26. The lowest BCUT2D eigenvalue weighted by Crippen LogP contribution is -2.45. The van der Waals surface area contributed by atoms with Crippen molar-refractivity contribution in [2.75, 3.05) is 20.3 Å². The molecule has 1 saturated heterocycles. The molecule has 1 rings (SSSR count). The normalized spacial score (nSPS) is 21.8. The van der Waals surface area contributed by atoms with Gasteiger partial charge in [-0.3, -0.25) is 0 Å². The number of ether oxygens (including phenoxy) is 2. The van der Waals surface area contributed by atoms with E-state index in [1.54, 1.807) is 0 Å². The van der Waals surface area contributed by atoms with Gasteiger partial charge in [0, 0.05) is 0 Å². The molecule has 1 aliphatic heterocycles. The van der Waals surface area contributed by atoms with E-state index in [-0.39, 0.29) is 11.1 Å². The summed E-state index contributed by atoms with van der Waals surface area (Å²) in [4.78, 5) is 0. The van der Waals surface area contributed by atoms with Crippen molar-refractivity contribution in [1.29, 1.82) is 0 Å². The molecule has 0 N–H and O–H groups in total. The molecule has 0 atom stereocenters. The molecular formula is C4H6F3NO4S. The van der Waals surface area contributed by atoms with E-state index >= 15 is 0 Å². The molecule has 0 saturated carbocycles. The van der Waals surface area contributed by atoms with Gasteiger partial charge in [-0.05, 0) is 0 Å². The molecule has 1 aliphatic rings. The zero-order valence-corrected chi connectivity index (χ0v) is 7.06. The van der Waals surface area contributed by atoms with Crippen molar-refractivity contribution >= 4 is 10.0 Å². The fraction of sp³-hybridized carbons (Fsp3) is 1.00. The lowest BCUT2D eigenvalue weighted by atomic mass is 11.0. The van der Waals surface area contributed by atoms with Crippen molar-refractivity contribution in [2.24, 2.45) is 0 Å². The highest BCUT2D eigenvalue weighted by Crippen LogP contribution is 2.27. The fourth-order valence-electron chi connectivity index (χ4n) is 0.660. The summed E-state index contributed by atoms with van der Waals surface area (Å²) in [5.41, 5.74) is -5.31. The number of hydrogen-bond acceptors (Lipinski definition) is 4. The molecule has 13 heavy (non-hydrogen) atoms. The molecule has 1 heterocycles. The maximum absolute atomic E-state index is 11.9. The highest BCUT2D eigenvalue weighted by atomic mass is 32.2. The zero-order valence-electron chi connectivity index (χ0n) is 6.24. The summed E-state index contributed by atoms with van der Waals surface area (Å²) in [6, 6.07) is 0. The number of sulfonamides is 1. The standard InChI is InChI=1S/C4H6F3NO4S/c5-4(6,7)13(9,10)8-1-11-3-12-2-8/h1-3H2. The van der Waals surface area contributed by atoms with Crippen LogP contribution in [0.1, 0.15) is 0 Å². The largest absolute Gasteiger partial charge is 0.511 e. The number of halogens is 3. The van der Waals surface area contributed by atoms with Crippen molar-refractivity contribution < 1.29 is 31.1 Å². The first kappa shape index (κ1) is 10.7. The molecule has 9 heteroatoms. The van der Waals surface area contributed by atoms with Gasteiger partial charge in [0.05, 0.1) is 0 Å². The van der Waals surface area contributed by atoms with Crippen molar-refractivity contribution in [1.82, 2.24) is 4.31 Å². The van der Waals surface area contributed by atoms with Gasteiger partial charge in [0.1, 0.15) is 20.3 Å². The maximum atomic E-state index is 11.9. The minimum Gasteiger partial charge on any atom is -0.339 e. The molecule has 5 nitrogen and oxygen atoms in total. The predicted octanol–water partition coefficient (Wildman–Crippen LogP) is 0.0573. The van der Waals surface area contributed by atoms with E-state index in [0.29, 0.717) is 0 Å². The van der Waals surface area contributed by atoms with Gasteiger partial charge in [0.2, 0.25) is 0 Å². The summed E-state index contributed by atoms with van der Waals surface area (Å²) >= 11 is 0. The van der Waals surface area contributed by atoms with Crippen LogP contribution in [0.15, 0.2) is 0 Å². The number of alkyl halides is 3. The summed E-state index contributed by atoms with van der Waals surface area (Å²) in [5, 5.41) is 0. The van der Waals surface area contributed by atoms with E-state index in [4.69, 9.17) is 0 Å². The molecule has 0 unspecified atom stereocenters. The molecular weight excluding hydrogens is 215 g/mol. The monoisotopic (exact) mass is 221 g/mol. The number of hydrogen-bond donors (Lipinski definition) is 0. The molecule has 78 valence electrons. The Labute approximate surface area is 72.1 Å². The first-order valence-electron chi connectivity index (χ1n) is 3.07. The molecule has 0 aliphatic carbocycles. The van der Waals surface area contributed by atoms with Crippen LogP contribution in [0.4, 0.5) is 13.2 Å². The summed E-state index contributed by atoms with van der Waals surface area (Å²) < 4.78 is 65.8. The number of nitrogens with zero attached hydrogens (tertiary/aromatic N) is 1. The summed E-state index contributed by atoms with van der Waals surface area (Å²) in [7, 11) is -5.32. The molecule has 0 aromatic carbocycles. The van der Waals surface area contributed by atoms with Gasteiger partial charge in [0.15, 0.2) is 0 Å². The van der Waals surface area contributed by atoms with E-state index in [1.165, 1.54) is 0 Å². The average Bonchev–Trinajstić information content (AvgIpc) is 2.04. The Morgan fingerprint density at radius 1 is 1.15 bits per heavy atom. The van der Waals surface area contributed by atoms with Crippen LogP contribution in [0, 0.1) is 0 Å². The SMILES string of the molecule is O=S(=O)(N1COCOC1)C(F)(F)F. The van der Waals surface area contributed by atoms with Crippen molar-refractivity contribution in [3.63, 3.8) is 0 Å². The molecule has 0 amide bonds. The van der Waals surface area contributed by atoms with E-state index < -0.39 is 29.0 Å². The van der Waals surface area contributed by atoms with Crippen LogP contribution in [-0.2, 0) is 19.5 Å². The van der Waals surface area contributed by atoms with Gasteiger partial charge in [-0.15, -0.1) is 4.31 Å². The Kier molecular flexibility index (Phi) is 2.80. The van der Waals surface area contributed by atoms with Crippen LogP contribution in [0.2, 0.25) is 0 Å². The fourth-order valence-corrected chi connectivity index (χ4v) is 1.38. The third-order valence-electron chi connectivity index (χ3n) is 1.27. The predicted molar refractivity (Wildman–Crippen MR) is 33.6 cm³/mol. The second kappa shape index (κ2) is 3.40. The Bertz CT molecular complexity index is 268. The Morgan fingerprint density at radius 3 is 2.00 bits per heavy atom. The molecule has 0 aromatic heterocycles. The zero-order chi connectivity index (χ0) is 10.1. The first-order chi connectivity index (χ1) is 5.86. The summed E-state index contributed by atoms with van der Waals surface area (Å²) in [6.07, 6.45) is 0. The second-order valence-electron chi connectivity index (χ2n) is 2.19. The van der Waals surface area contributed by atoms with Crippen molar-refractivity contribution in [2.45, 2.75) is 5.51 Å². The maximum Gasteiger partial charge on any atom is 0.511 e. The smallest absolute Gasteiger partial charge is 0.339 e. The van der Waals surface area contributed by atoms with Crippen molar-refractivity contribution in [3.8, 4) is 0 Å². The van der Waals surface area contributed by atoms with Gasteiger partial charge in [-0.1, -0.05) is 0 Å². The topological polar surface area (TPSA) is 55.8 Å². The lowest BCUT2D eigenvalue weighted by molar-refractivity contribution is -0.159. The van der Waals surface area contributed by atoms with Gasteiger partial charge in [-0.25, -0.2) is 8.42 Å². The third-order valence-corrected chi connectivity index (χ3v) is 2.75. The Morgan fingerprint density at radius 2 is 1.62 bits per heavy atom. The Hall–Kier alpha value is -0.380. The van der Waals surface area contributed by atoms with Gasteiger partial charge in [0.25, 0.3) is 0 Å². The van der Waals surface area contributed by atoms with E-state index in [2.05, 4.69) is 9.47 Å². The van der Waals surface area contributed by atoms with E-state index in [9.17, 15) is 21.6 Å².